The summed E-state index contributed by atoms with van der Waals surface area (Å²) in [7, 11) is 0. The molecule has 1 aliphatic heterocycles. The Morgan fingerprint density at radius 1 is 1.11 bits per heavy atom. The standard InChI is InChI=1S/C12H22N2O5/c13-7-1-3-14(4-2-7)11(18)12(19)5-8(15)10(17)9(16)6-12/h7-10,15-17,19H,1-6,13H2. The molecule has 2 aliphatic rings. The number of hydrogen-bond donors (Lipinski definition) is 5. The van der Waals surface area contributed by atoms with Crippen molar-refractivity contribution in [1.82, 2.24) is 4.90 Å². The van der Waals surface area contributed by atoms with E-state index in [1.54, 1.807) is 0 Å². The van der Waals surface area contributed by atoms with Crippen molar-refractivity contribution in [3.63, 3.8) is 0 Å². The average molecular weight is 274 g/mol. The highest BCUT2D eigenvalue weighted by Crippen LogP contribution is 2.31. The average Bonchev–Trinajstić information content (AvgIpc) is 2.36. The predicted octanol–water partition coefficient (Wildman–Crippen LogP) is -2.46. The molecule has 1 heterocycles. The Morgan fingerprint density at radius 3 is 2.05 bits per heavy atom. The van der Waals surface area contributed by atoms with Gasteiger partial charge in [-0.3, -0.25) is 4.79 Å². The van der Waals surface area contributed by atoms with Crippen molar-refractivity contribution in [3.8, 4) is 0 Å². The van der Waals surface area contributed by atoms with Crippen LogP contribution in [0.25, 0.3) is 0 Å². The minimum atomic E-state index is -1.81. The first-order valence-electron chi connectivity index (χ1n) is 6.65. The highest BCUT2D eigenvalue weighted by Gasteiger charge is 2.49. The van der Waals surface area contributed by atoms with Crippen LogP contribution >= 0.6 is 0 Å². The number of aliphatic hydroxyl groups excluding tert-OH is 3. The van der Waals surface area contributed by atoms with Gasteiger partial charge in [-0.05, 0) is 12.8 Å². The van der Waals surface area contributed by atoms with E-state index in [2.05, 4.69) is 0 Å². The van der Waals surface area contributed by atoms with E-state index in [9.17, 15) is 25.2 Å². The van der Waals surface area contributed by atoms with E-state index in [-0.39, 0.29) is 18.9 Å². The molecule has 1 amide bonds. The molecule has 2 rings (SSSR count). The summed E-state index contributed by atoms with van der Waals surface area (Å²) < 4.78 is 0. The van der Waals surface area contributed by atoms with Crippen LogP contribution in [-0.2, 0) is 4.79 Å². The molecule has 1 saturated carbocycles. The molecule has 19 heavy (non-hydrogen) atoms. The van der Waals surface area contributed by atoms with Gasteiger partial charge in [0.2, 0.25) is 0 Å². The molecule has 0 aromatic rings. The molecule has 2 fully saturated rings. The topological polar surface area (TPSA) is 127 Å². The zero-order chi connectivity index (χ0) is 14.2. The number of nitrogens with two attached hydrogens (primary N) is 1. The van der Waals surface area contributed by atoms with Crippen LogP contribution in [-0.4, -0.2) is 74.3 Å². The van der Waals surface area contributed by atoms with E-state index in [0.717, 1.165) is 0 Å². The van der Waals surface area contributed by atoms with Gasteiger partial charge in [-0.1, -0.05) is 0 Å². The molecule has 0 aromatic heterocycles. The maximum absolute atomic E-state index is 12.3. The fourth-order valence-electron chi connectivity index (χ4n) is 2.84. The van der Waals surface area contributed by atoms with Gasteiger partial charge in [-0.2, -0.15) is 0 Å². The number of carbonyl (C=O) groups excluding carboxylic acids is 1. The third kappa shape index (κ3) is 2.90. The molecular formula is C12H22N2O5. The summed E-state index contributed by atoms with van der Waals surface area (Å²) in [5.41, 5.74) is 3.95. The predicted molar refractivity (Wildman–Crippen MR) is 66.0 cm³/mol. The Labute approximate surface area is 111 Å². The molecule has 7 nitrogen and oxygen atoms in total. The zero-order valence-electron chi connectivity index (χ0n) is 10.8. The number of amides is 1. The van der Waals surface area contributed by atoms with Crippen molar-refractivity contribution in [2.45, 2.75) is 55.6 Å². The Hall–Kier alpha value is -0.730. The maximum Gasteiger partial charge on any atom is 0.254 e. The minimum absolute atomic E-state index is 0.0723. The van der Waals surface area contributed by atoms with Gasteiger partial charge >= 0.3 is 0 Å². The highest BCUT2D eigenvalue weighted by atomic mass is 16.4. The molecule has 6 N–H and O–H groups in total. The fraction of sp³-hybridized carbons (Fsp3) is 0.917. The zero-order valence-corrected chi connectivity index (χ0v) is 10.8. The van der Waals surface area contributed by atoms with Crippen molar-refractivity contribution >= 4 is 5.91 Å². The number of aliphatic hydroxyl groups is 4. The quantitative estimate of drug-likeness (QED) is 0.361. The molecule has 1 saturated heterocycles. The third-order valence-corrected chi connectivity index (χ3v) is 4.11. The summed E-state index contributed by atoms with van der Waals surface area (Å²) in [6, 6.07) is 0.0723. The van der Waals surface area contributed by atoms with Crippen LogP contribution in [0.15, 0.2) is 0 Å². The second-order valence-electron chi connectivity index (χ2n) is 5.69. The summed E-state index contributed by atoms with van der Waals surface area (Å²) in [6.07, 6.45) is -3.08. The molecule has 2 atom stereocenters. The molecule has 0 spiro atoms. The van der Waals surface area contributed by atoms with E-state index >= 15 is 0 Å². The van der Waals surface area contributed by atoms with Gasteiger partial charge in [0.1, 0.15) is 11.7 Å². The Morgan fingerprint density at radius 2 is 1.58 bits per heavy atom. The summed E-state index contributed by atoms with van der Waals surface area (Å²) >= 11 is 0. The highest BCUT2D eigenvalue weighted by molar-refractivity contribution is 5.85. The van der Waals surface area contributed by atoms with Crippen molar-refractivity contribution in [2.24, 2.45) is 5.73 Å². The maximum atomic E-state index is 12.3. The van der Waals surface area contributed by atoms with Gasteiger partial charge in [0, 0.05) is 32.0 Å². The first kappa shape index (κ1) is 14.7. The van der Waals surface area contributed by atoms with Gasteiger partial charge in [0.05, 0.1) is 12.2 Å². The smallest absolute Gasteiger partial charge is 0.254 e. The number of carbonyl (C=O) groups is 1. The van der Waals surface area contributed by atoms with Crippen LogP contribution in [0, 0.1) is 0 Å². The number of nitrogens with zero attached hydrogens (tertiary/aromatic N) is 1. The first-order chi connectivity index (χ1) is 8.83. The SMILES string of the molecule is NC1CCN(C(=O)C2(O)CC(O)C(O)C(O)C2)CC1. The lowest BCUT2D eigenvalue weighted by atomic mass is 9.78. The van der Waals surface area contributed by atoms with Crippen molar-refractivity contribution in [2.75, 3.05) is 13.1 Å². The van der Waals surface area contributed by atoms with Crippen molar-refractivity contribution < 1.29 is 25.2 Å². The van der Waals surface area contributed by atoms with Gasteiger partial charge in [0.15, 0.2) is 0 Å². The normalized spacial score (nSPS) is 41.3. The summed E-state index contributed by atoms with van der Waals surface area (Å²) in [4.78, 5) is 13.8. The van der Waals surface area contributed by atoms with Gasteiger partial charge in [-0.15, -0.1) is 0 Å². The van der Waals surface area contributed by atoms with E-state index in [1.165, 1.54) is 4.90 Å². The van der Waals surface area contributed by atoms with Crippen LogP contribution in [0.5, 0.6) is 0 Å². The molecule has 0 radical (unpaired) electrons. The fourth-order valence-corrected chi connectivity index (χ4v) is 2.84. The molecule has 0 bridgehead atoms. The molecule has 1 aliphatic carbocycles. The van der Waals surface area contributed by atoms with Gasteiger partial charge < -0.3 is 31.1 Å². The second kappa shape index (κ2) is 5.34. The largest absolute Gasteiger partial charge is 0.390 e. The van der Waals surface area contributed by atoms with Crippen molar-refractivity contribution in [3.05, 3.63) is 0 Å². The third-order valence-electron chi connectivity index (χ3n) is 4.11. The number of piperidine rings is 1. The van der Waals surface area contributed by atoms with Crippen molar-refractivity contribution in [1.29, 1.82) is 0 Å². The van der Waals surface area contributed by atoms with Crippen LogP contribution in [0.4, 0.5) is 0 Å². The first-order valence-corrected chi connectivity index (χ1v) is 6.65. The monoisotopic (exact) mass is 274 g/mol. The summed E-state index contributed by atoms with van der Waals surface area (Å²) in [5.74, 6) is -0.496. The number of likely N-dealkylation sites (tertiary alicyclic amines) is 1. The van der Waals surface area contributed by atoms with E-state index in [4.69, 9.17) is 5.73 Å². The second-order valence-corrected chi connectivity index (χ2v) is 5.69. The summed E-state index contributed by atoms with van der Waals surface area (Å²) in [6.45, 7) is 0.939. The molecular weight excluding hydrogens is 252 g/mol. The van der Waals surface area contributed by atoms with E-state index in [1.807, 2.05) is 0 Å². The molecule has 7 heteroatoms. The van der Waals surface area contributed by atoms with Crippen LogP contribution in [0.3, 0.4) is 0 Å². The number of rotatable bonds is 1. The van der Waals surface area contributed by atoms with E-state index < -0.39 is 29.8 Å². The Balaban J connectivity index is 2.05. The summed E-state index contributed by atoms with van der Waals surface area (Å²) in [5, 5.41) is 39.0. The lowest BCUT2D eigenvalue weighted by Gasteiger charge is -2.42. The lowest BCUT2D eigenvalue weighted by Crippen LogP contribution is -2.60. The lowest BCUT2D eigenvalue weighted by molar-refractivity contribution is -0.182. The minimum Gasteiger partial charge on any atom is -0.390 e. The van der Waals surface area contributed by atoms with Gasteiger partial charge in [0.25, 0.3) is 5.91 Å². The van der Waals surface area contributed by atoms with Crippen LogP contribution in [0.2, 0.25) is 0 Å². The molecule has 0 aromatic carbocycles. The molecule has 110 valence electrons. The Bertz CT molecular complexity index is 331. The molecule has 2 unspecified atom stereocenters. The van der Waals surface area contributed by atoms with E-state index in [0.29, 0.717) is 25.9 Å². The van der Waals surface area contributed by atoms with Gasteiger partial charge in [-0.25, -0.2) is 0 Å². The number of hydrogen-bond acceptors (Lipinski definition) is 6. The van der Waals surface area contributed by atoms with Crippen LogP contribution in [0.1, 0.15) is 25.7 Å². The Kier molecular flexibility index (Phi) is 4.12. The van der Waals surface area contributed by atoms with Crippen LogP contribution < -0.4 is 5.73 Å².